The van der Waals surface area contributed by atoms with Crippen molar-refractivity contribution in [3.63, 3.8) is 0 Å². The van der Waals surface area contributed by atoms with Crippen LogP contribution in [0.15, 0.2) is 12.1 Å². The normalized spacial score (nSPS) is 10.1. The second kappa shape index (κ2) is 2.86. The fourth-order valence-electron chi connectivity index (χ4n) is 0.877. The van der Waals surface area contributed by atoms with Crippen LogP contribution in [0.25, 0.3) is 0 Å². The number of hydrogen-bond donors (Lipinski definition) is 1. The molecule has 0 bridgehead atoms. The zero-order valence-corrected chi connectivity index (χ0v) is 6.20. The maximum atomic E-state index is 12.8. The van der Waals surface area contributed by atoms with Gasteiger partial charge in [-0.2, -0.15) is 0 Å². The van der Waals surface area contributed by atoms with Crippen molar-refractivity contribution in [3.8, 4) is 0 Å². The Bertz CT molecular complexity index is 271. The van der Waals surface area contributed by atoms with Crippen LogP contribution in [0.4, 0.5) is 14.5 Å². The third-order valence-electron chi connectivity index (χ3n) is 1.57. The van der Waals surface area contributed by atoms with Crippen molar-refractivity contribution >= 4 is 5.69 Å². The number of aryl methyl sites for hydroxylation is 1. The van der Waals surface area contributed by atoms with E-state index in [0.29, 0.717) is 12.0 Å². The first-order valence-corrected chi connectivity index (χ1v) is 3.39. The summed E-state index contributed by atoms with van der Waals surface area (Å²) in [6.07, 6.45) is 0.475. The second-order valence-corrected chi connectivity index (χ2v) is 2.30. The van der Waals surface area contributed by atoms with Gasteiger partial charge in [0.1, 0.15) is 0 Å². The lowest BCUT2D eigenvalue weighted by Crippen LogP contribution is -1.97. The van der Waals surface area contributed by atoms with E-state index in [1.165, 1.54) is 12.1 Å². The Morgan fingerprint density at radius 2 is 1.91 bits per heavy atom. The smallest absolute Gasteiger partial charge is 0.181 e. The maximum absolute atomic E-state index is 12.8. The lowest BCUT2D eigenvalue weighted by Gasteiger charge is -2.01. The van der Waals surface area contributed by atoms with Crippen LogP contribution in [-0.2, 0) is 6.42 Å². The minimum Gasteiger partial charge on any atom is -0.396 e. The summed E-state index contributed by atoms with van der Waals surface area (Å²) in [4.78, 5) is 0. The number of rotatable bonds is 1. The number of hydrogen-bond acceptors (Lipinski definition) is 1. The van der Waals surface area contributed by atoms with E-state index in [0.717, 1.165) is 0 Å². The average Bonchev–Trinajstić information content (AvgIpc) is 2.01. The van der Waals surface area contributed by atoms with Crippen LogP contribution in [0.1, 0.15) is 12.5 Å². The Hall–Kier alpha value is -1.12. The molecule has 0 atom stereocenters. The molecule has 0 aliphatic heterocycles. The lowest BCUT2D eigenvalue weighted by molar-refractivity contribution is 0.503. The molecule has 1 nitrogen and oxygen atoms in total. The van der Waals surface area contributed by atoms with Gasteiger partial charge < -0.3 is 5.73 Å². The predicted octanol–water partition coefficient (Wildman–Crippen LogP) is 2.11. The van der Waals surface area contributed by atoms with Crippen LogP contribution in [0.5, 0.6) is 0 Å². The first kappa shape index (κ1) is 7.98. The topological polar surface area (TPSA) is 26.0 Å². The molecule has 0 saturated carbocycles. The number of benzene rings is 1. The minimum absolute atomic E-state index is 0.139. The van der Waals surface area contributed by atoms with Crippen LogP contribution in [-0.4, -0.2) is 0 Å². The molecule has 0 aliphatic rings. The Morgan fingerprint density at radius 1 is 1.27 bits per heavy atom. The van der Waals surface area contributed by atoms with Crippen molar-refractivity contribution in [1.82, 2.24) is 0 Å². The fourth-order valence-corrected chi connectivity index (χ4v) is 0.877. The first-order valence-electron chi connectivity index (χ1n) is 3.39. The summed E-state index contributed by atoms with van der Waals surface area (Å²) in [6.45, 7) is 1.76. The van der Waals surface area contributed by atoms with Gasteiger partial charge in [0.2, 0.25) is 0 Å². The van der Waals surface area contributed by atoms with Crippen molar-refractivity contribution in [2.75, 3.05) is 5.73 Å². The molecule has 0 aromatic heterocycles. The van der Waals surface area contributed by atoms with E-state index < -0.39 is 11.6 Å². The van der Waals surface area contributed by atoms with Gasteiger partial charge in [0.05, 0.1) is 5.69 Å². The Kier molecular flexibility index (Phi) is 2.08. The summed E-state index contributed by atoms with van der Waals surface area (Å²) < 4.78 is 25.5. The molecule has 11 heavy (non-hydrogen) atoms. The summed E-state index contributed by atoms with van der Waals surface area (Å²) >= 11 is 0. The minimum atomic E-state index is -0.940. The van der Waals surface area contributed by atoms with E-state index in [9.17, 15) is 8.78 Å². The summed E-state index contributed by atoms with van der Waals surface area (Å²) in [5, 5.41) is 0. The SMILES string of the molecule is CCc1ccc(N)c(F)c1F. The maximum Gasteiger partial charge on any atom is 0.181 e. The molecular weight excluding hydrogens is 148 g/mol. The largest absolute Gasteiger partial charge is 0.396 e. The molecule has 60 valence electrons. The van der Waals surface area contributed by atoms with Crippen LogP contribution in [0.3, 0.4) is 0 Å². The standard InChI is InChI=1S/C8H9F2N/c1-2-5-3-4-6(11)8(10)7(5)9/h3-4H,2,11H2,1H3. The van der Waals surface area contributed by atoms with E-state index in [2.05, 4.69) is 0 Å². The molecule has 0 radical (unpaired) electrons. The van der Waals surface area contributed by atoms with Crippen molar-refractivity contribution in [2.24, 2.45) is 0 Å². The second-order valence-electron chi connectivity index (χ2n) is 2.30. The zero-order valence-electron chi connectivity index (χ0n) is 6.20. The Morgan fingerprint density at radius 3 is 2.45 bits per heavy atom. The molecule has 0 unspecified atom stereocenters. The van der Waals surface area contributed by atoms with E-state index in [1.54, 1.807) is 6.92 Å². The van der Waals surface area contributed by atoms with Crippen molar-refractivity contribution in [1.29, 1.82) is 0 Å². The molecule has 1 rings (SSSR count). The third-order valence-corrected chi connectivity index (χ3v) is 1.57. The van der Waals surface area contributed by atoms with Gasteiger partial charge in [0.25, 0.3) is 0 Å². The monoisotopic (exact) mass is 157 g/mol. The van der Waals surface area contributed by atoms with Crippen molar-refractivity contribution in [2.45, 2.75) is 13.3 Å². The van der Waals surface area contributed by atoms with Crippen LogP contribution in [0.2, 0.25) is 0 Å². The number of nitrogens with two attached hydrogens (primary N) is 1. The highest BCUT2D eigenvalue weighted by Crippen LogP contribution is 2.17. The molecule has 0 amide bonds. The summed E-state index contributed by atoms with van der Waals surface area (Å²) in [6, 6.07) is 2.87. The molecule has 1 aromatic rings. The van der Waals surface area contributed by atoms with Crippen molar-refractivity contribution in [3.05, 3.63) is 29.3 Å². The van der Waals surface area contributed by atoms with Gasteiger partial charge in [-0.3, -0.25) is 0 Å². The third kappa shape index (κ3) is 1.31. The van der Waals surface area contributed by atoms with Crippen LogP contribution < -0.4 is 5.73 Å². The highest BCUT2D eigenvalue weighted by molar-refractivity contribution is 5.42. The van der Waals surface area contributed by atoms with Crippen LogP contribution in [0, 0.1) is 11.6 Å². The van der Waals surface area contributed by atoms with Gasteiger partial charge >= 0.3 is 0 Å². The highest BCUT2D eigenvalue weighted by atomic mass is 19.2. The van der Waals surface area contributed by atoms with Gasteiger partial charge in [-0.05, 0) is 18.1 Å². The highest BCUT2D eigenvalue weighted by Gasteiger charge is 2.08. The summed E-state index contributed by atoms with van der Waals surface area (Å²) in [7, 11) is 0. The number of anilines is 1. The van der Waals surface area contributed by atoms with Gasteiger partial charge in [-0.25, -0.2) is 8.78 Å². The molecule has 1 aromatic carbocycles. The molecule has 0 spiro atoms. The van der Waals surface area contributed by atoms with Gasteiger partial charge in [-0.1, -0.05) is 13.0 Å². The Labute approximate surface area is 63.8 Å². The van der Waals surface area contributed by atoms with Gasteiger partial charge in [-0.15, -0.1) is 0 Å². The van der Waals surface area contributed by atoms with Crippen LogP contribution >= 0.6 is 0 Å². The molecule has 0 fully saturated rings. The quantitative estimate of drug-likeness (QED) is 0.621. The number of halogens is 2. The molecular formula is C8H9F2N. The van der Waals surface area contributed by atoms with E-state index in [4.69, 9.17) is 5.73 Å². The summed E-state index contributed by atoms with van der Waals surface area (Å²) in [5.74, 6) is -1.77. The predicted molar refractivity (Wildman–Crippen MR) is 40.1 cm³/mol. The van der Waals surface area contributed by atoms with E-state index >= 15 is 0 Å². The lowest BCUT2D eigenvalue weighted by atomic mass is 10.1. The van der Waals surface area contributed by atoms with E-state index in [-0.39, 0.29) is 5.69 Å². The fraction of sp³-hybridized carbons (Fsp3) is 0.250. The molecule has 0 aliphatic carbocycles. The summed E-state index contributed by atoms with van der Waals surface area (Å²) in [5.41, 5.74) is 5.35. The molecule has 0 heterocycles. The molecule has 2 N–H and O–H groups in total. The van der Waals surface area contributed by atoms with E-state index in [1.807, 2.05) is 0 Å². The molecule has 0 saturated heterocycles. The van der Waals surface area contributed by atoms with Gasteiger partial charge in [0, 0.05) is 0 Å². The number of nitrogen functional groups attached to an aromatic ring is 1. The molecule has 3 heteroatoms. The van der Waals surface area contributed by atoms with Crippen molar-refractivity contribution < 1.29 is 8.78 Å². The zero-order chi connectivity index (χ0) is 8.43. The first-order chi connectivity index (χ1) is 5.16. The Balaban J connectivity index is 3.25. The van der Waals surface area contributed by atoms with Gasteiger partial charge in [0.15, 0.2) is 11.6 Å². The average molecular weight is 157 g/mol.